The lowest BCUT2D eigenvalue weighted by Gasteiger charge is -2.22. The summed E-state index contributed by atoms with van der Waals surface area (Å²) in [7, 11) is 5.72. The number of ketones is 2. The van der Waals surface area contributed by atoms with Crippen LogP contribution in [0, 0.1) is 0 Å². The van der Waals surface area contributed by atoms with Crippen molar-refractivity contribution in [3.8, 4) is 16.9 Å². The third kappa shape index (κ3) is 3.54. The van der Waals surface area contributed by atoms with Gasteiger partial charge in [0.2, 0.25) is 40.8 Å². The molecule has 0 aliphatic heterocycles. The molecule has 0 atom stereocenters. The summed E-state index contributed by atoms with van der Waals surface area (Å²) in [5, 5.41) is 0. The summed E-state index contributed by atoms with van der Waals surface area (Å²) in [5.41, 5.74) is 1.89. The summed E-state index contributed by atoms with van der Waals surface area (Å²) in [5.74, 6) is -1.90. The lowest BCUT2D eigenvalue weighted by Crippen LogP contribution is -2.35. The van der Waals surface area contributed by atoms with E-state index in [1.54, 1.807) is 31.3 Å². The zero-order chi connectivity index (χ0) is 25.6. The molecule has 2 amide bonds. The number of anilines is 1. The zero-order valence-corrected chi connectivity index (χ0v) is 20.1. The molecule has 35 heavy (non-hydrogen) atoms. The number of carbonyl (C=O) groups excluding carboxylic acids is 4. The summed E-state index contributed by atoms with van der Waals surface area (Å²) >= 11 is 0. The summed E-state index contributed by atoms with van der Waals surface area (Å²) in [6.45, 7) is 2.51. The first-order valence-corrected chi connectivity index (χ1v) is 10.6. The fourth-order valence-corrected chi connectivity index (χ4v) is 4.28. The molecule has 0 fully saturated rings. The van der Waals surface area contributed by atoms with E-state index in [-0.39, 0.29) is 28.6 Å². The van der Waals surface area contributed by atoms with Crippen molar-refractivity contribution in [2.24, 2.45) is 7.05 Å². The van der Waals surface area contributed by atoms with E-state index in [0.29, 0.717) is 27.9 Å². The van der Waals surface area contributed by atoms with Crippen LogP contribution in [-0.4, -0.2) is 54.3 Å². The van der Waals surface area contributed by atoms with E-state index in [9.17, 15) is 19.2 Å². The number of benzene rings is 2. The van der Waals surface area contributed by atoms with Gasteiger partial charge in [0.1, 0.15) is 5.75 Å². The van der Waals surface area contributed by atoms with Crippen molar-refractivity contribution >= 4 is 40.4 Å². The smallest absolute Gasteiger partial charge is 0.233 e. The third-order valence-corrected chi connectivity index (χ3v) is 5.86. The highest BCUT2D eigenvalue weighted by Gasteiger charge is 2.39. The second-order valence-electron chi connectivity index (χ2n) is 7.84. The fraction of sp³-hybridized carbons (Fsp3) is 0.240. The minimum Gasteiger partial charge on any atom is -0.497 e. The highest BCUT2D eigenvalue weighted by Crippen LogP contribution is 2.41. The molecule has 0 spiro atoms. The number of carbonyl (C=O) groups is 4. The van der Waals surface area contributed by atoms with E-state index in [4.69, 9.17) is 14.2 Å². The Morgan fingerprint density at radius 2 is 1.43 bits per heavy atom. The average Bonchev–Trinajstić information content (AvgIpc) is 3.15. The van der Waals surface area contributed by atoms with Gasteiger partial charge in [-0.1, -0.05) is 12.1 Å². The van der Waals surface area contributed by atoms with E-state index in [1.165, 1.54) is 45.8 Å². The van der Waals surface area contributed by atoms with E-state index < -0.39 is 23.4 Å². The van der Waals surface area contributed by atoms with Crippen molar-refractivity contribution in [2.45, 2.75) is 13.8 Å². The molecule has 10 heteroatoms. The number of fused-ring (bicyclic) bond motifs is 2. The Kier molecular flexibility index (Phi) is 5.89. The van der Waals surface area contributed by atoms with Crippen molar-refractivity contribution in [1.82, 2.24) is 9.55 Å². The molecule has 1 heterocycles. The Balaban J connectivity index is 2.15. The molecular formula is C25H23N3O7. The van der Waals surface area contributed by atoms with Crippen LogP contribution in [-0.2, 0) is 26.1 Å². The van der Waals surface area contributed by atoms with Crippen LogP contribution >= 0.6 is 0 Å². The van der Waals surface area contributed by atoms with E-state index in [0.717, 1.165) is 4.90 Å². The Labute approximate surface area is 200 Å². The first kappa shape index (κ1) is 23.7. The van der Waals surface area contributed by atoms with Gasteiger partial charge in [0.25, 0.3) is 0 Å². The summed E-state index contributed by atoms with van der Waals surface area (Å²) < 4.78 is 17.2. The first-order valence-electron chi connectivity index (χ1n) is 10.6. The molecule has 3 aromatic rings. The number of ether oxygens (including phenoxy) is 3. The maximum Gasteiger partial charge on any atom is 0.233 e. The quantitative estimate of drug-likeness (QED) is 0.551. The number of amides is 2. The number of hydrogen-bond acceptors (Lipinski definition) is 8. The van der Waals surface area contributed by atoms with Crippen molar-refractivity contribution in [3.63, 3.8) is 0 Å². The normalized spacial score (nSPS) is 13.1. The predicted octanol–water partition coefficient (Wildman–Crippen LogP) is 3.03. The highest BCUT2D eigenvalue weighted by atomic mass is 16.5. The molecule has 180 valence electrons. The standard InChI is InChI=1S/C25H23N3O7/c1-12(29)28(13(2)30)25-26-20-17(27(25)3)11-16-19(18(20)14-7-9-15(33-4)10-8-14)22(32)24(35-6)23(34-5)21(16)31/h7-11H,1-6H3. The van der Waals surface area contributed by atoms with E-state index >= 15 is 0 Å². The predicted molar refractivity (Wildman–Crippen MR) is 126 cm³/mol. The van der Waals surface area contributed by atoms with Gasteiger partial charge >= 0.3 is 0 Å². The van der Waals surface area contributed by atoms with Gasteiger partial charge in [-0.2, -0.15) is 0 Å². The monoisotopic (exact) mass is 477 g/mol. The molecule has 2 aromatic carbocycles. The van der Waals surface area contributed by atoms with Gasteiger partial charge in [0.05, 0.1) is 32.4 Å². The second-order valence-corrected chi connectivity index (χ2v) is 7.84. The van der Waals surface area contributed by atoms with Crippen LogP contribution in [0.3, 0.4) is 0 Å². The molecule has 1 aromatic heterocycles. The van der Waals surface area contributed by atoms with Gasteiger partial charge < -0.3 is 18.8 Å². The Hall–Kier alpha value is -4.47. The molecule has 1 aliphatic rings. The Morgan fingerprint density at radius 3 is 1.94 bits per heavy atom. The van der Waals surface area contributed by atoms with Gasteiger partial charge in [-0.15, -0.1) is 0 Å². The molecule has 0 saturated heterocycles. The number of Topliss-reactive ketones (excluding diaryl/α,β-unsaturated/α-hetero) is 2. The van der Waals surface area contributed by atoms with Crippen LogP contribution in [0.2, 0.25) is 0 Å². The zero-order valence-electron chi connectivity index (χ0n) is 20.1. The minimum absolute atomic E-state index is 0.0592. The topological polar surface area (TPSA) is 117 Å². The van der Waals surface area contributed by atoms with Gasteiger partial charge in [-0.25, -0.2) is 9.88 Å². The number of aromatic nitrogens is 2. The Bertz CT molecular complexity index is 1430. The first-order chi connectivity index (χ1) is 16.7. The molecule has 4 rings (SSSR count). The van der Waals surface area contributed by atoms with E-state index in [2.05, 4.69) is 4.98 Å². The minimum atomic E-state index is -0.547. The molecule has 0 unspecified atom stereocenters. The summed E-state index contributed by atoms with van der Waals surface area (Å²) in [4.78, 5) is 57.0. The van der Waals surface area contributed by atoms with Crippen molar-refractivity contribution < 1.29 is 33.4 Å². The third-order valence-electron chi connectivity index (χ3n) is 5.86. The maximum atomic E-state index is 13.6. The number of imide groups is 1. The largest absolute Gasteiger partial charge is 0.497 e. The number of imidazole rings is 1. The number of aryl methyl sites for hydroxylation is 1. The highest BCUT2D eigenvalue weighted by molar-refractivity contribution is 6.30. The number of methoxy groups -OCH3 is 3. The van der Waals surface area contributed by atoms with Crippen LogP contribution in [0.1, 0.15) is 34.6 Å². The van der Waals surface area contributed by atoms with Crippen LogP contribution in [0.15, 0.2) is 41.9 Å². The molecular weight excluding hydrogens is 454 g/mol. The van der Waals surface area contributed by atoms with Gasteiger partial charge in [0.15, 0.2) is 0 Å². The lowest BCUT2D eigenvalue weighted by atomic mass is 9.85. The van der Waals surface area contributed by atoms with Gasteiger partial charge in [-0.3, -0.25) is 19.2 Å². The Morgan fingerprint density at radius 1 is 0.857 bits per heavy atom. The maximum absolute atomic E-state index is 13.6. The molecule has 0 N–H and O–H groups in total. The van der Waals surface area contributed by atoms with E-state index in [1.807, 2.05) is 0 Å². The number of hydrogen-bond donors (Lipinski definition) is 0. The SMILES string of the molecule is COC1=C(OC)C(=O)c2c(cc3c(nc(N(C(C)=O)C(C)=O)n3C)c2-c2ccc(OC)cc2)C1=O. The fourth-order valence-electron chi connectivity index (χ4n) is 4.28. The van der Waals surface area contributed by atoms with Gasteiger partial charge in [-0.05, 0) is 23.8 Å². The van der Waals surface area contributed by atoms with Crippen LogP contribution in [0.25, 0.3) is 22.2 Å². The average molecular weight is 477 g/mol. The lowest BCUT2D eigenvalue weighted by molar-refractivity contribution is -0.124. The molecule has 10 nitrogen and oxygen atoms in total. The second kappa shape index (κ2) is 8.71. The van der Waals surface area contributed by atoms with Crippen molar-refractivity contribution in [1.29, 1.82) is 0 Å². The summed E-state index contributed by atoms with van der Waals surface area (Å²) in [6.07, 6.45) is 0. The molecule has 1 aliphatic carbocycles. The summed E-state index contributed by atoms with van der Waals surface area (Å²) in [6, 6.07) is 8.40. The van der Waals surface area contributed by atoms with Crippen molar-refractivity contribution in [3.05, 3.63) is 53.0 Å². The van der Waals surface area contributed by atoms with Crippen LogP contribution in [0.4, 0.5) is 5.95 Å². The number of rotatable bonds is 5. The number of nitrogens with zero attached hydrogens (tertiary/aromatic N) is 3. The molecule has 0 bridgehead atoms. The molecule has 0 saturated carbocycles. The van der Waals surface area contributed by atoms with Crippen LogP contribution in [0.5, 0.6) is 5.75 Å². The van der Waals surface area contributed by atoms with Gasteiger partial charge in [0, 0.05) is 37.6 Å². The van der Waals surface area contributed by atoms with Crippen LogP contribution < -0.4 is 9.64 Å². The van der Waals surface area contributed by atoms with Crippen molar-refractivity contribution in [2.75, 3.05) is 26.2 Å². The molecule has 0 radical (unpaired) electrons. The number of allylic oxidation sites excluding steroid dienone is 2.